The Morgan fingerprint density at radius 1 is 1.10 bits per heavy atom. The molecule has 0 saturated carbocycles. The number of anilines is 1. The Morgan fingerprint density at radius 3 is 2.29 bits per heavy atom. The zero-order valence-corrected chi connectivity index (χ0v) is 17.1. The number of nitrogens with zero attached hydrogens (tertiary/aromatic N) is 2. The Hall–Kier alpha value is -2.98. The van der Waals surface area contributed by atoms with Gasteiger partial charge in [0.1, 0.15) is 11.5 Å². The second kappa shape index (κ2) is 10.4. The van der Waals surface area contributed by atoms with Gasteiger partial charge in [-0.3, -0.25) is 9.89 Å². The van der Waals surface area contributed by atoms with E-state index in [1.165, 1.54) is 24.3 Å². The molecule has 1 aliphatic heterocycles. The van der Waals surface area contributed by atoms with Gasteiger partial charge < -0.3 is 25.3 Å². The summed E-state index contributed by atoms with van der Waals surface area (Å²) in [5.74, 6) is 0.629. The Labute approximate surface area is 178 Å². The van der Waals surface area contributed by atoms with Crippen LogP contribution in [-0.4, -0.2) is 57.2 Å². The average Bonchev–Trinajstić information content (AvgIpc) is 2.75. The van der Waals surface area contributed by atoms with Crippen LogP contribution < -0.4 is 20.5 Å². The van der Waals surface area contributed by atoms with Crippen molar-refractivity contribution in [2.45, 2.75) is 12.4 Å². The summed E-state index contributed by atoms with van der Waals surface area (Å²) in [5, 5.41) is 2.89. The smallest absolute Gasteiger partial charge is 0.497 e. The van der Waals surface area contributed by atoms with Gasteiger partial charge in [0.25, 0.3) is 0 Å². The van der Waals surface area contributed by atoms with Gasteiger partial charge in [-0.15, -0.1) is 13.2 Å². The first-order valence-corrected chi connectivity index (χ1v) is 9.72. The molecule has 1 aliphatic rings. The van der Waals surface area contributed by atoms with Gasteiger partial charge in [-0.25, -0.2) is 0 Å². The summed E-state index contributed by atoms with van der Waals surface area (Å²) in [6, 6.07) is 13.1. The summed E-state index contributed by atoms with van der Waals surface area (Å²) in [6.07, 6.45) is -4.73. The number of methoxy groups -OCH3 is 1. The van der Waals surface area contributed by atoms with E-state index in [0.29, 0.717) is 25.4 Å². The number of benzene rings is 2. The summed E-state index contributed by atoms with van der Waals surface area (Å²) in [7, 11) is 1.62. The Morgan fingerprint density at radius 2 is 1.71 bits per heavy atom. The van der Waals surface area contributed by atoms with E-state index in [1.54, 1.807) is 7.11 Å². The van der Waals surface area contributed by atoms with Crippen molar-refractivity contribution >= 4 is 11.6 Å². The van der Waals surface area contributed by atoms with Crippen molar-refractivity contribution in [3.8, 4) is 11.5 Å². The Kier molecular flexibility index (Phi) is 7.59. The topological polar surface area (TPSA) is 81.3 Å². The molecule has 2 aromatic carbocycles. The van der Waals surface area contributed by atoms with Crippen LogP contribution in [0.5, 0.6) is 11.5 Å². The molecule has 168 valence electrons. The number of nitrogens with one attached hydrogen (secondary N) is 1. The van der Waals surface area contributed by atoms with Gasteiger partial charge in [-0.05, 0) is 42.0 Å². The predicted molar refractivity (Wildman–Crippen MR) is 111 cm³/mol. The van der Waals surface area contributed by atoms with Gasteiger partial charge in [0.05, 0.1) is 32.9 Å². The van der Waals surface area contributed by atoms with Crippen LogP contribution in [0.1, 0.15) is 11.6 Å². The molecule has 1 fully saturated rings. The van der Waals surface area contributed by atoms with Gasteiger partial charge in [-0.1, -0.05) is 12.1 Å². The van der Waals surface area contributed by atoms with E-state index < -0.39 is 6.36 Å². The molecule has 10 heteroatoms. The van der Waals surface area contributed by atoms with E-state index in [1.807, 2.05) is 24.3 Å². The van der Waals surface area contributed by atoms with Crippen LogP contribution in [0.15, 0.2) is 53.5 Å². The fraction of sp³-hybridized carbons (Fsp3) is 0.381. The lowest BCUT2D eigenvalue weighted by Crippen LogP contribution is -2.40. The highest BCUT2D eigenvalue weighted by Gasteiger charge is 2.31. The molecule has 3 N–H and O–H groups in total. The van der Waals surface area contributed by atoms with Crippen LogP contribution in [0, 0.1) is 0 Å². The molecule has 3 rings (SSSR count). The van der Waals surface area contributed by atoms with Gasteiger partial charge in [0.2, 0.25) is 0 Å². The minimum atomic E-state index is -4.73. The van der Waals surface area contributed by atoms with Gasteiger partial charge in [0, 0.05) is 18.8 Å². The van der Waals surface area contributed by atoms with Crippen LogP contribution in [0.2, 0.25) is 0 Å². The monoisotopic (exact) mass is 438 g/mol. The van der Waals surface area contributed by atoms with Crippen LogP contribution in [0.4, 0.5) is 18.9 Å². The molecular formula is C21H25F3N4O3. The number of alkyl halides is 3. The van der Waals surface area contributed by atoms with E-state index in [2.05, 4.69) is 19.9 Å². The number of aliphatic imine (C=N–C) groups is 1. The molecular weight excluding hydrogens is 413 g/mol. The number of ether oxygens (including phenoxy) is 3. The number of guanidine groups is 1. The minimum Gasteiger partial charge on any atom is -0.497 e. The highest BCUT2D eigenvalue weighted by atomic mass is 19.4. The fourth-order valence-electron chi connectivity index (χ4n) is 3.26. The second-order valence-corrected chi connectivity index (χ2v) is 6.86. The molecule has 1 saturated heterocycles. The summed E-state index contributed by atoms with van der Waals surface area (Å²) in [5.41, 5.74) is 7.59. The van der Waals surface area contributed by atoms with E-state index in [-0.39, 0.29) is 17.8 Å². The Bertz CT molecular complexity index is 852. The number of nitrogens with two attached hydrogens (primary N) is 1. The maximum atomic E-state index is 12.3. The van der Waals surface area contributed by atoms with Crippen molar-refractivity contribution in [2.24, 2.45) is 10.7 Å². The van der Waals surface area contributed by atoms with Crippen LogP contribution in [-0.2, 0) is 4.74 Å². The maximum Gasteiger partial charge on any atom is 0.573 e. The first kappa shape index (κ1) is 22.7. The van der Waals surface area contributed by atoms with Gasteiger partial charge in [0.15, 0.2) is 5.96 Å². The maximum absolute atomic E-state index is 12.3. The molecule has 1 heterocycles. The molecule has 0 aromatic heterocycles. The first-order valence-electron chi connectivity index (χ1n) is 9.72. The third-order valence-electron chi connectivity index (χ3n) is 4.78. The molecule has 1 atom stereocenters. The Balaban J connectivity index is 1.67. The van der Waals surface area contributed by atoms with Crippen molar-refractivity contribution in [3.05, 3.63) is 54.1 Å². The zero-order chi connectivity index (χ0) is 22.3. The number of hydrogen-bond acceptors (Lipinski definition) is 5. The summed E-state index contributed by atoms with van der Waals surface area (Å²) in [4.78, 5) is 6.74. The molecule has 0 spiro atoms. The van der Waals surface area contributed by atoms with Crippen LogP contribution in [0.25, 0.3) is 0 Å². The molecule has 0 bridgehead atoms. The standard InChI is InChI=1S/C21H25F3N4O3/c1-29-17-6-2-15(3-7-17)19(28-10-12-30-13-11-28)14-26-20(25)27-16-4-8-18(9-5-16)31-21(22,23)24/h2-9,19H,10-14H2,1H3,(H3,25,26,27). The van der Waals surface area contributed by atoms with E-state index in [0.717, 1.165) is 24.4 Å². The SMILES string of the molecule is COc1ccc(C(CN=C(N)Nc2ccc(OC(F)(F)F)cc2)N2CCOCC2)cc1. The van der Waals surface area contributed by atoms with Crippen molar-refractivity contribution in [2.75, 3.05) is 45.3 Å². The molecule has 0 amide bonds. The number of hydrogen-bond donors (Lipinski definition) is 2. The third kappa shape index (κ3) is 7.04. The molecule has 31 heavy (non-hydrogen) atoms. The van der Waals surface area contributed by atoms with Crippen LogP contribution in [0.3, 0.4) is 0 Å². The van der Waals surface area contributed by atoms with Crippen molar-refractivity contribution in [1.82, 2.24) is 4.90 Å². The lowest BCUT2D eigenvalue weighted by atomic mass is 10.0. The lowest BCUT2D eigenvalue weighted by Gasteiger charge is -2.34. The first-order chi connectivity index (χ1) is 14.8. The predicted octanol–water partition coefficient (Wildman–Crippen LogP) is 3.39. The zero-order valence-electron chi connectivity index (χ0n) is 17.1. The normalized spacial score (nSPS) is 16.6. The third-order valence-corrected chi connectivity index (χ3v) is 4.78. The number of halogens is 3. The van der Waals surface area contributed by atoms with Crippen LogP contribution >= 0.6 is 0 Å². The van der Waals surface area contributed by atoms with Crippen molar-refractivity contribution < 1.29 is 27.4 Å². The highest BCUT2D eigenvalue weighted by molar-refractivity contribution is 5.92. The number of rotatable bonds is 7. The summed E-state index contributed by atoms with van der Waals surface area (Å²) in [6.45, 7) is 3.26. The summed E-state index contributed by atoms with van der Waals surface area (Å²) >= 11 is 0. The van der Waals surface area contributed by atoms with Crippen molar-refractivity contribution in [1.29, 1.82) is 0 Å². The highest BCUT2D eigenvalue weighted by Crippen LogP contribution is 2.25. The number of morpholine rings is 1. The molecule has 7 nitrogen and oxygen atoms in total. The van der Waals surface area contributed by atoms with E-state index >= 15 is 0 Å². The fourth-order valence-corrected chi connectivity index (χ4v) is 3.26. The van der Waals surface area contributed by atoms with E-state index in [4.69, 9.17) is 15.2 Å². The van der Waals surface area contributed by atoms with Gasteiger partial charge >= 0.3 is 6.36 Å². The quantitative estimate of drug-likeness (QED) is 0.510. The lowest BCUT2D eigenvalue weighted by molar-refractivity contribution is -0.274. The largest absolute Gasteiger partial charge is 0.573 e. The summed E-state index contributed by atoms with van der Waals surface area (Å²) < 4.78 is 51.3. The molecule has 1 unspecified atom stereocenters. The van der Waals surface area contributed by atoms with Gasteiger partial charge in [-0.2, -0.15) is 0 Å². The van der Waals surface area contributed by atoms with E-state index in [9.17, 15) is 13.2 Å². The molecule has 2 aromatic rings. The molecule has 0 radical (unpaired) electrons. The molecule has 0 aliphatic carbocycles. The minimum absolute atomic E-state index is 0.00211. The van der Waals surface area contributed by atoms with Crippen molar-refractivity contribution in [3.63, 3.8) is 0 Å². The second-order valence-electron chi connectivity index (χ2n) is 6.86. The average molecular weight is 438 g/mol.